The third kappa shape index (κ3) is 4.85. The van der Waals surface area contributed by atoms with E-state index in [0.29, 0.717) is 23.9 Å². The number of hydrogen-bond acceptors (Lipinski definition) is 5. The second-order valence-electron chi connectivity index (χ2n) is 6.90. The van der Waals surface area contributed by atoms with Gasteiger partial charge in [-0.2, -0.15) is 0 Å². The standard InChI is InChI=1S/C22H25N5O/c1-16-23-20(22(28)27(4)15-17-8-6-5-7-9-17)14-21(24-16)25-18-10-12-19(13-11-18)26(2)3/h5-14H,15H2,1-4H3,(H,23,24,25). The quantitative estimate of drug-likeness (QED) is 0.709. The minimum absolute atomic E-state index is 0.139. The maximum atomic E-state index is 12.8. The number of benzene rings is 2. The Morgan fingerprint density at radius 2 is 1.64 bits per heavy atom. The zero-order chi connectivity index (χ0) is 20.1. The van der Waals surface area contributed by atoms with E-state index in [4.69, 9.17) is 0 Å². The van der Waals surface area contributed by atoms with Crippen LogP contribution in [0.5, 0.6) is 0 Å². The van der Waals surface area contributed by atoms with Gasteiger partial charge in [-0.25, -0.2) is 9.97 Å². The van der Waals surface area contributed by atoms with Gasteiger partial charge < -0.3 is 15.1 Å². The van der Waals surface area contributed by atoms with E-state index in [9.17, 15) is 4.79 Å². The van der Waals surface area contributed by atoms with Gasteiger partial charge in [-0.1, -0.05) is 30.3 Å². The van der Waals surface area contributed by atoms with Crippen molar-refractivity contribution in [2.24, 2.45) is 0 Å². The van der Waals surface area contributed by atoms with Crippen molar-refractivity contribution in [1.29, 1.82) is 0 Å². The van der Waals surface area contributed by atoms with Crippen molar-refractivity contribution in [3.05, 3.63) is 77.7 Å². The molecule has 0 radical (unpaired) electrons. The summed E-state index contributed by atoms with van der Waals surface area (Å²) in [4.78, 5) is 25.3. The van der Waals surface area contributed by atoms with E-state index in [1.54, 1.807) is 24.9 Å². The third-order valence-corrected chi connectivity index (χ3v) is 4.32. The molecule has 0 unspecified atom stereocenters. The van der Waals surface area contributed by atoms with Crippen LogP contribution in [0.3, 0.4) is 0 Å². The summed E-state index contributed by atoms with van der Waals surface area (Å²) < 4.78 is 0. The van der Waals surface area contributed by atoms with Gasteiger partial charge >= 0.3 is 0 Å². The number of hydrogen-bond donors (Lipinski definition) is 1. The Bertz CT molecular complexity index is 939. The van der Waals surface area contributed by atoms with Crippen molar-refractivity contribution in [2.75, 3.05) is 31.4 Å². The highest BCUT2D eigenvalue weighted by Crippen LogP contribution is 2.20. The predicted octanol–water partition coefficient (Wildman–Crippen LogP) is 3.87. The first kappa shape index (κ1) is 19.4. The molecule has 6 heteroatoms. The van der Waals surface area contributed by atoms with Gasteiger partial charge in [0.05, 0.1) is 0 Å². The fourth-order valence-electron chi connectivity index (χ4n) is 2.86. The topological polar surface area (TPSA) is 61.4 Å². The smallest absolute Gasteiger partial charge is 0.272 e. The summed E-state index contributed by atoms with van der Waals surface area (Å²) in [5.41, 5.74) is 3.46. The summed E-state index contributed by atoms with van der Waals surface area (Å²) in [6.07, 6.45) is 0. The number of carbonyl (C=O) groups is 1. The van der Waals surface area contributed by atoms with Crippen molar-refractivity contribution in [1.82, 2.24) is 14.9 Å². The number of carbonyl (C=O) groups excluding carboxylic acids is 1. The molecular formula is C22H25N5O. The molecule has 28 heavy (non-hydrogen) atoms. The van der Waals surface area contributed by atoms with Crippen LogP contribution in [-0.4, -0.2) is 41.9 Å². The van der Waals surface area contributed by atoms with Crippen LogP contribution in [0.25, 0.3) is 0 Å². The molecule has 1 heterocycles. The molecular weight excluding hydrogens is 350 g/mol. The highest BCUT2D eigenvalue weighted by Gasteiger charge is 2.15. The summed E-state index contributed by atoms with van der Waals surface area (Å²) in [5.74, 6) is 1.01. The molecule has 0 spiro atoms. The lowest BCUT2D eigenvalue weighted by Crippen LogP contribution is -2.27. The Balaban J connectivity index is 1.75. The molecule has 2 aromatic carbocycles. The Labute approximate surface area is 165 Å². The number of aromatic nitrogens is 2. The lowest BCUT2D eigenvalue weighted by Gasteiger charge is -2.17. The number of amides is 1. The van der Waals surface area contributed by atoms with Gasteiger partial charge in [0.25, 0.3) is 5.91 Å². The number of nitrogens with one attached hydrogen (secondary N) is 1. The van der Waals surface area contributed by atoms with Gasteiger partial charge in [-0.05, 0) is 36.8 Å². The Morgan fingerprint density at radius 3 is 2.29 bits per heavy atom. The van der Waals surface area contributed by atoms with Crippen LogP contribution < -0.4 is 10.2 Å². The number of rotatable bonds is 6. The molecule has 0 atom stereocenters. The van der Waals surface area contributed by atoms with Gasteiger partial charge in [0.2, 0.25) is 0 Å². The molecule has 0 saturated carbocycles. The van der Waals surface area contributed by atoms with Crippen LogP contribution in [0.1, 0.15) is 21.9 Å². The maximum absolute atomic E-state index is 12.8. The van der Waals surface area contributed by atoms with E-state index in [1.807, 2.05) is 73.6 Å². The highest BCUT2D eigenvalue weighted by molar-refractivity contribution is 5.93. The molecule has 1 aromatic heterocycles. The van der Waals surface area contributed by atoms with Crippen molar-refractivity contribution in [3.63, 3.8) is 0 Å². The summed E-state index contributed by atoms with van der Waals surface area (Å²) in [7, 11) is 5.78. The first-order valence-electron chi connectivity index (χ1n) is 9.12. The summed E-state index contributed by atoms with van der Waals surface area (Å²) in [5, 5.41) is 3.25. The van der Waals surface area contributed by atoms with Crippen molar-refractivity contribution in [3.8, 4) is 0 Å². The van der Waals surface area contributed by atoms with Crippen LogP contribution in [0.2, 0.25) is 0 Å². The fourth-order valence-corrected chi connectivity index (χ4v) is 2.86. The Morgan fingerprint density at radius 1 is 0.964 bits per heavy atom. The van der Waals surface area contributed by atoms with Gasteiger partial charge in [0, 0.05) is 45.1 Å². The molecule has 0 saturated heterocycles. The fraction of sp³-hybridized carbons (Fsp3) is 0.227. The normalized spacial score (nSPS) is 10.4. The monoisotopic (exact) mass is 375 g/mol. The minimum Gasteiger partial charge on any atom is -0.378 e. The highest BCUT2D eigenvalue weighted by atomic mass is 16.2. The average molecular weight is 375 g/mol. The molecule has 0 aliphatic carbocycles. The number of nitrogens with zero attached hydrogens (tertiary/aromatic N) is 4. The SMILES string of the molecule is Cc1nc(Nc2ccc(N(C)C)cc2)cc(C(=O)N(C)Cc2ccccc2)n1. The molecule has 144 valence electrons. The van der Waals surface area contributed by atoms with Crippen LogP contribution in [-0.2, 0) is 6.54 Å². The Hall–Kier alpha value is -3.41. The maximum Gasteiger partial charge on any atom is 0.272 e. The molecule has 3 aromatic rings. The molecule has 3 rings (SSSR count). The van der Waals surface area contributed by atoms with E-state index < -0.39 is 0 Å². The lowest BCUT2D eigenvalue weighted by atomic mass is 10.2. The van der Waals surface area contributed by atoms with Gasteiger partial charge in [-0.15, -0.1) is 0 Å². The van der Waals surface area contributed by atoms with Gasteiger partial charge in [0.1, 0.15) is 17.3 Å². The molecule has 0 aliphatic rings. The third-order valence-electron chi connectivity index (χ3n) is 4.32. The zero-order valence-electron chi connectivity index (χ0n) is 16.7. The number of anilines is 3. The van der Waals surface area contributed by atoms with Crippen molar-refractivity contribution < 1.29 is 4.79 Å². The van der Waals surface area contributed by atoms with E-state index in [1.165, 1.54) is 0 Å². The summed E-state index contributed by atoms with van der Waals surface area (Å²) in [6, 6.07) is 19.6. The van der Waals surface area contributed by atoms with Gasteiger partial charge in [0.15, 0.2) is 0 Å². The molecule has 0 aliphatic heterocycles. The second-order valence-corrected chi connectivity index (χ2v) is 6.90. The second kappa shape index (κ2) is 8.52. The summed E-state index contributed by atoms with van der Waals surface area (Å²) >= 11 is 0. The van der Waals surface area contributed by atoms with Crippen LogP contribution in [0.4, 0.5) is 17.2 Å². The predicted molar refractivity (Wildman–Crippen MR) is 113 cm³/mol. The Kier molecular flexibility index (Phi) is 5.89. The van der Waals surface area contributed by atoms with Crippen molar-refractivity contribution in [2.45, 2.75) is 13.5 Å². The van der Waals surface area contributed by atoms with Crippen molar-refractivity contribution >= 4 is 23.1 Å². The van der Waals surface area contributed by atoms with E-state index >= 15 is 0 Å². The average Bonchev–Trinajstić information content (AvgIpc) is 2.68. The lowest BCUT2D eigenvalue weighted by molar-refractivity contribution is 0.0779. The van der Waals surface area contributed by atoms with Gasteiger partial charge in [-0.3, -0.25) is 4.79 Å². The van der Waals surface area contributed by atoms with E-state index in [0.717, 1.165) is 16.9 Å². The molecule has 0 fully saturated rings. The molecule has 1 N–H and O–H groups in total. The number of aryl methyl sites for hydroxylation is 1. The molecule has 6 nitrogen and oxygen atoms in total. The van der Waals surface area contributed by atoms with E-state index in [-0.39, 0.29) is 5.91 Å². The minimum atomic E-state index is -0.139. The van der Waals surface area contributed by atoms with Crippen LogP contribution in [0.15, 0.2) is 60.7 Å². The zero-order valence-corrected chi connectivity index (χ0v) is 16.7. The van der Waals surface area contributed by atoms with E-state index in [2.05, 4.69) is 15.3 Å². The first-order valence-corrected chi connectivity index (χ1v) is 9.12. The van der Waals surface area contributed by atoms with Crippen LogP contribution >= 0.6 is 0 Å². The summed E-state index contributed by atoms with van der Waals surface area (Å²) in [6.45, 7) is 2.31. The van der Waals surface area contributed by atoms with Crippen LogP contribution in [0, 0.1) is 6.92 Å². The largest absolute Gasteiger partial charge is 0.378 e. The first-order chi connectivity index (χ1) is 13.4. The molecule has 1 amide bonds. The molecule has 0 bridgehead atoms.